The molecule has 1 aliphatic rings. The normalized spacial score (nSPS) is 16.4. The Morgan fingerprint density at radius 2 is 1.36 bits per heavy atom. The molecular formula is C36H31ClN2O7S. The Hall–Kier alpha value is -4.90. The zero-order valence-corrected chi connectivity index (χ0v) is 26.6. The Kier molecular flexibility index (Phi) is 9.44. The highest BCUT2D eigenvalue weighted by Gasteiger charge is 2.27. The molecule has 1 amide bonds. The molecule has 0 aliphatic heterocycles. The van der Waals surface area contributed by atoms with Gasteiger partial charge in [-0.05, 0) is 121 Å². The highest BCUT2D eigenvalue weighted by atomic mass is 35.5. The van der Waals surface area contributed by atoms with E-state index >= 15 is 0 Å². The number of sulfonamides is 1. The van der Waals surface area contributed by atoms with Gasteiger partial charge in [0.15, 0.2) is 0 Å². The summed E-state index contributed by atoms with van der Waals surface area (Å²) in [7, 11) is -3.61. The predicted octanol–water partition coefficient (Wildman–Crippen LogP) is 7.90. The molecule has 5 aromatic carbocycles. The van der Waals surface area contributed by atoms with Crippen molar-refractivity contribution >= 4 is 50.0 Å². The average Bonchev–Trinajstić information content (AvgIpc) is 3.06. The van der Waals surface area contributed by atoms with E-state index in [0.717, 1.165) is 29.4 Å². The minimum atomic E-state index is -3.61. The molecule has 3 N–H and O–H groups in total. The van der Waals surface area contributed by atoms with E-state index in [1.807, 2.05) is 36.4 Å². The summed E-state index contributed by atoms with van der Waals surface area (Å²) in [5.41, 5.74) is 0.590. The summed E-state index contributed by atoms with van der Waals surface area (Å²) in [6.45, 7) is 0. The molecule has 0 spiro atoms. The Morgan fingerprint density at radius 1 is 0.745 bits per heavy atom. The number of aromatic carboxylic acids is 1. The number of carboxylic acids is 1. The molecule has 0 radical (unpaired) electrons. The van der Waals surface area contributed by atoms with Crippen LogP contribution in [0.4, 0.5) is 5.69 Å². The number of para-hydroxylation sites is 1. The fourth-order valence-electron chi connectivity index (χ4n) is 5.51. The Labute approximate surface area is 277 Å². The summed E-state index contributed by atoms with van der Waals surface area (Å²) >= 11 is 5.89. The number of hydrogen-bond donors (Lipinski definition) is 3. The maximum atomic E-state index is 12.7. The van der Waals surface area contributed by atoms with E-state index in [9.17, 15) is 23.1 Å². The van der Waals surface area contributed by atoms with Gasteiger partial charge in [-0.15, -0.1) is 0 Å². The SMILES string of the molecule is O=C(Nc1ccccc1C(=O)O)c1ccc(Oc2ccc3cc(OC4CCC(NS(=O)(=O)c5ccc(Cl)cc5)CC4)ccc3c2)cc1. The number of anilines is 1. The molecule has 0 heterocycles. The molecule has 47 heavy (non-hydrogen) atoms. The smallest absolute Gasteiger partial charge is 0.337 e. The average molecular weight is 671 g/mol. The number of rotatable bonds is 10. The number of ether oxygens (including phenoxy) is 2. The first kappa shape index (κ1) is 32.1. The summed E-state index contributed by atoms with van der Waals surface area (Å²) in [5, 5.41) is 14.4. The standard InChI is InChI=1S/C36H31ClN2O7S/c37-26-9-19-32(20-10-26)47(43,44)39-27-11-17-29(18-12-27)46-31-16-8-24-21-30(15-7-25(24)22-31)45-28-13-5-23(6-14-28)35(40)38-34-4-2-1-3-33(34)36(41)42/h1-10,13-16,19-22,27,29,39H,11-12,17-18H2,(H,38,40)(H,41,42). The second kappa shape index (κ2) is 13.8. The highest BCUT2D eigenvalue weighted by Crippen LogP contribution is 2.31. The molecule has 0 bridgehead atoms. The summed E-state index contributed by atoms with van der Waals surface area (Å²) in [5.74, 6) is 0.357. The van der Waals surface area contributed by atoms with Gasteiger partial charge in [-0.1, -0.05) is 35.9 Å². The summed E-state index contributed by atoms with van der Waals surface area (Å²) < 4.78 is 40.6. The van der Waals surface area contributed by atoms with Crippen LogP contribution in [0.15, 0.2) is 114 Å². The van der Waals surface area contributed by atoms with Gasteiger partial charge in [-0.3, -0.25) is 4.79 Å². The fourth-order valence-corrected chi connectivity index (χ4v) is 6.95. The van der Waals surface area contributed by atoms with E-state index in [-0.39, 0.29) is 28.3 Å². The van der Waals surface area contributed by atoms with E-state index in [0.29, 0.717) is 34.9 Å². The number of amides is 1. The van der Waals surface area contributed by atoms with Gasteiger partial charge >= 0.3 is 5.97 Å². The third-order valence-corrected chi connectivity index (χ3v) is 9.75. The first-order chi connectivity index (χ1) is 22.6. The van der Waals surface area contributed by atoms with Crippen molar-refractivity contribution in [1.29, 1.82) is 0 Å². The van der Waals surface area contributed by atoms with Crippen molar-refractivity contribution < 1.29 is 32.6 Å². The summed E-state index contributed by atoms with van der Waals surface area (Å²) in [6.07, 6.45) is 2.80. The first-order valence-electron chi connectivity index (χ1n) is 15.0. The molecule has 1 fully saturated rings. The number of benzene rings is 5. The van der Waals surface area contributed by atoms with E-state index in [4.69, 9.17) is 21.1 Å². The maximum Gasteiger partial charge on any atom is 0.337 e. The summed E-state index contributed by atoms with van der Waals surface area (Å²) in [4.78, 5) is 24.3. The largest absolute Gasteiger partial charge is 0.490 e. The molecular weight excluding hydrogens is 640 g/mol. The highest BCUT2D eigenvalue weighted by molar-refractivity contribution is 7.89. The van der Waals surface area contributed by atoms with Crippen molar-refractivity contribution in [3.05, 3.63) is 125 Å². The number of halogens is 1. The second-order valence-corrected chi connectivity index (χ2v) is 13.4. The number of carboxylic acid groups (broad SMARTS) is 1. The molecule has 5 aromatic rings. The van der Waals surface area contributed by atoms with Crippen LogP contribution < -0.4 is 19.5 Å². The summed E-state index contributed by atoms with van der Waals surface area (Å²) in [6, 6.07) is 30.4. The van der Waals surface area contributed by atoms with Crippen LogP contribution in [-0.2, 0) is 10.0 Å². The molecule has 9 nitrogen and oxygen atoms in total. The predicted molar refractivity (Wildman–Crippen MR) is 180 cm³/mol. The Bertz CT molecular complexity index is 2030. The van der Waals surface area contributed by atoms with Crippen LogP contribution >= 0.6 is 11.6 Å². The van der Waals surface area contributed by atoms with Crippen molar-refractivity contribution in [2.45, 2.75) is 42.7 Å². The monoisotopic (exact) mass is 670 g/mol. The quantitative estimate of drug-likeness (QED) is 0.138. The van der Waals surface area contributed by atoms with Crippen LogP contribution in [0.3, 0.4) is 0 Å². The van der Waals surface area contributed by atoms with Crippen LogP contribution in [-0.4, -0.2) is 37.5 Å². The van der Waals surface area contributed by atoms with Gasteiger partial charge in [0, 0.05) is 16.6 Å². The number of hydrogen-bond acceptors (Lipinski definition) is 6. The van der Waals surface area contributed by atoms with Crippen molar-refractivity contribution in [2.75, 3.05) is 5.32 Å². The number of carbonyl (C=O) groups excluding carboxylic acids is 1. The van der Waals surface area contributed by atoms with Gasteiger partial charge in [0.05, 0.1) is 22.3 Å². The van der Waals surface area contributed by atoms with Crippen LogP contribution in [0.2, 0.25) is 5.02 Å². The van der Waals surface area contributed by atoms with Crippen molar-refractivity contribution in [1.82, 2.24) is 4.72 Å². The van der Waals surface area contributed by atoms with Crippen molar-refractivity contribution in [2.24, 2.45) is 0 Å². The third kappa shape index (κ3) is 7.91. The maximum absolute atomic E-state index is 12.7. The molecule has 0 unspecified atom stereocenters. The first-order valence-corrected chi connectivity index (χ1v) is 16.9. The number of fused-ring (bicyclic) bond motifs is 1. The van der Waals surface area contributed by atoms with Crippen molar-refractivity contribution in [3.8, 4) is 17.2 Å². The lowest BCUT2D eigenvalue weighted by molar-refractivity contribution is 0.0698. The van der Waals surface area contributed by atoms with Gasteiger partial charge < -0.3 is 19.9 Å². The lowest BCUT2D eigenvalue weighted by atomic mass is 9.93. The second-order valence-electron chi connectivity index (χ2n) is 11.3. The van der Waals surface area contributed by atoms with Gasteiger partial charge in [0.2, 0.25) is 10.0 Å². The zero-order valence-electron chi connectivity index (χ0n) is 25.1. The molecule has 0 aromatic heterocycles. The Balaban J connectivity index is 1.02. The van der Waals surface area contributed by atoms with Gasteiger partial charge in [-0.25, -0.2) is 17.9 Å². The van der Waals surface area contributed by atoms with Crippen LogP contribution in [0, 0.1) is 0 Å². The van der Waals surface area contributed by atoms with E-state index in [1.165, 1.54) is 18.2 Å². The van der Waals surface area contributed by atoms with E-state index < -0.39 is 21.9 Å². The van der Waals surface area contributed by atoms with E-state index in [1.54, 1.807) is 54.6 Å². The van der Waals surface area contributed by atoms with E-state index in [2.05, 4.69) is 10.0 Å². The molecule has 240 valence electrons. The topological polar surface area (TPSA) is 131 Å². The van der Waals surface area contributed by atoms with Gasteiger partial charge in [0.25, 0.3) is 5.91 Å². The molecule has 1 aliphatic carbocycles. The molecule has 0 saturated heterocycles. The zero-order chi connectivity index (χ0) is 33.0. The van der Waals surface area contributed by atoms with Crippen LogP contribution in [0.25, 0.3) is 10.8 Å². The Morgan fingerprint density at radius 3 is 2.04 bits per heavy atom. The van der Waals surface area contributed by atoms with Crippen LogP contribution in [0.5, 0.6) is 17.2 Å². The fraction of sp³-hybridized carbons (Fsp3) is 0.167. The molecule has 6 rings (SSSR count). The number of nitrogens with one attached hydrogen (secondary N) is 2. The molecule has 11 heteroatoms. The lowest BCUT2D eigenvalue weighted by Crippen LogP contribution is -2.39. The molecule has 0 atom stereocenters. The van der Waals surface area contributed by atoms with Gasteiger partial charge in [0.1, 0.15) is 17.2 Å². The lowest BCUT2D eigenvalue weighted by Gasteiger charge is -2.29. The number of carbonyl (C=O) groups is 2. The van der Waals surface area contributed by atoms with Gasteiger partial charge in [-0.2, -0.15) is 0 Å². The minimum absolute atomic E-state index is 0.0108. The van der Waals surface area contributed by atoms with Crippen molar-refractivity contribution in [3.63, 3.8) is 0 Å². The third-order valence-electron chi connectivity index (χ3n) is 7.96. The van der Waals surface area contributed by atoms with Crippen LogP contribution in [0.1, 0.15) is 46.4 Å². The molecule has 1 saturated carbocycles. The minimum Gasteiger partial charge on any atom is -0.490 e.